The fourth-order valence-corrected chi connectivity index (χ4v) is 1.81. The molecule has 2 atom stereocenters. The molecule has 4 nitrogen and oxygen atoms in total. The van der Waals surface area contributed by atoms with Gasteiger partial charge < -0.3 is 10.4 Å². The van der Waals surface area contributed by atoms with E-state index in [4.69, 9.17) is 11.6 Å². The average Bonchev–Trinajstić information content (AvgIpc) is 2.21. The first-order valence-corrected chi connectivity index (χ1v) is 5.30. The minimum Gasteiger partial charge on any atom is -0.392 e. The highest BCUT2D eigenvalue weighted by molar-refractivity contribution is 6.29. The number of nitrogens with one attached hydrogen (secondary N) is 1. The lowest BCUT2D eigenvalue weighted by molar-refractivity contribution is -0.0511. The van der Waals surface area contributed by atoms with Crippen LogP contribution in [-0.2, 0) is 0 Å². The maximum absolute atomic E-state index is 9.57. The molecule has 1 aromatic heterocycles. The van der Waals surface area contributed by atoms with Crippen molar-refractivity contribution in [3.63, 3.8) is 0 Å². The zero-order valence-electron chi connectivity index (χ0n) is 8.74. The standard InChI is InChI=1S/C10H14ClN3O/c1-10(2)6(3-7(10)15)14-9-5-12-8(11)4-13-9/h4-7,15H,3H2,1-2H3,(H,13,14). The molecule has 2 N–H and O–H groups in total. The first-order valence-electron chi connectivity index (χ1n) is 4.92. The highest BCUT2D eigenvalue weighted by atomic mass is 35.5. The van der Waals surface area contributed by atoms with E-state index in [0.717, 1.165) is 6.42 Å². The second-order valence-electron chi connectivity index (χ2n) is 4.49. The van der Waals surface area contributed by atoms with Gasteiger partial charge in [-0.3, -0.25) is 0 Å². The van der Waals surface area contributed by atoms with E-state index < -0.39 is 0 Å². The summed E-state index contributed by atoms with van der Waals surface area (Å²) in [5.74, 6) is 0.698. The lowest BCUT2D eigenvalue weighted by Gasteiger charge is -2.49. The Labute approximate surface area is 93.7 Å². The van der Waals surface area contributed by atoms with Crippen molar-refractivity contribution in [1.82, 2.24) is 9.97 Å². The largest absolute Gasteiger partial charge is 0.392 e. The third kappa shape index (κ3) is 1.92. The highest BCUT2D eigenvalue weighted by Crippen LogP contribution is 2.41. The van der Waals surface area contributed by atoms with Gasteiger partial charge in [0.15, 0.2) is 0 Å². The Balaban J connectivity index is 2.02. The van der Waals surface area contributed by atoms with Crippen LogP contribution >= 0.6 is 11.6 Å². The van der Waals surface area contributed by atoms with Crippen molar-refractivity contribution in [2.45, 2.75) is 32.4 Å². The zero-order chi connectivity index (χ0) is 11.1. The van der Waals surface area contributed by atoms with Crippen LogP contribution in [-0.4, -0.2) is 27.2 Å². The van der Waals surface area contributed by atoms with E-state index in [1.54, 1.807) is 6.20 Å². The van der Waals surface area contributed by atoms with Gasteiger partial charge in [-0.1, -0.05) is 25.4 Å². The maximum Gasteiger partial charge on any atom is 0.147 e. The third-order valence-corrected chi connectivity index (χ3v) is 3.35. The van der Waals surface area contributed by atoms with Gasteiger partial charge in [0.1, 0.15) is 11.0 Å². The number of hydrogen-bond acceptors (Lipinski definition) is 4. The molecule has 0 spiro atoms. The SMILES string of the molecule is CC1(C)C(O)CC1Nc1cnc(Cl)cn1. The summed E-state index contributed by atoms with van der Waals surface area (Å²) < 4.78 is 0. The quantitative estimate of drug-likeness (QED) is 0.808. The summed E-state index contributed by atoms with van der Waals surface area (Å²) in [5.41, 5.74) is -0.110. The van der Waals surface area contributed by atoms with Gasteiger partial charge in [-0.25, -0.2) is 9.97 Å². The Morgan fingerprint density at radius 3 is 2.67 bits per heavy atom. The molecule has 0 aromatic carbocycles. The van der Waals surface area contributed by atoms with Crippen molar-refractivity contribution in [3.05, 3.63) is 17.5 Å². The summed E-state index contributed by atoms with van der Waals surface area (Å²) in [6, 6.07) is 0.239. The molecular weight excluding hydrogens is 214 g/mol. The number of aliphatic hydroxyl groups excluding tert-OH is 1. The molecule has 1 heterocycles. The van der Waals surface area contributed by atoms with Crippen LogP contribution in [0.25, 0.3) is 0 Å². The van der Waals surface area contributed by atoms with Crippen molar-refractivity contribution in [1.29, 1.82) is 0 Å². The van der Waals surface area contributed by atoms with Crippen molar-refractivity contribution in [2.24, 2.45) is 5.41 Å². The Morgan fingerprint density at radius 2 is 2.20 bits per heavy atom. The summed E-state index contributed by atoms with van der Waals surface area (Å²) in [5, 5.41) is 13.2. The minimum absolute atomic E-state index is 0.110. The van der Waals surface area contributed by atoms with Gasteiger partial charge in [-0.15, -0.1) is 0 Å². The molecule has 1 aliphatic carbocycles. The predicted molar refractivity (Wildman–Crippen MR) is 58.9 cm³/mol. The van der Waals surface area contributed by atoms with Gasteiger partial charge >= 0.3 is 0 Å². The number of aromatic nitrogens is 2. The van der Waals surface area contributed by atoms with E-state index in [1.807, 2.05) is 13.8 Å². The molecule has 1 saturated carbocycles. The summed E-state index contributed by atoms with van der Waals surface area (Å²) in [4.78, 5) is 8.04. The van der Waals surface area contributed by atoms with Crippen LogP contribution in [0.15, 0.2) is 12.4 Å². The Bertz CT molecular complexity index is 352. The lowest BCUT2D eigenvalue weighted by Crippen LogP contribution is -2.57. The second-order valence-corrected chi connectivity index (χ2v) is 4.88. The summed E-state index contributed by atoms with van der Waals surface area (Å²) >= 11 is 5.63. The van der Waals surface area contributed by atoms with Crippen LogP contribution in [0.2, 0.25) is 5.15 Å². The lowest BCUT2D eigenvalue weighted by atomic mass is 9.64. The van der Waals surface area contributed by atoms with Gasteiger partial charge in [-0.05, 0) is 6.42 Å². The molecule has 82 valence electrons. The number of aliphatic hydroxyl groups is 1. The van der Waals surface area contributed by atoms with Gasteiger partial charge in [0, 0.05) is 11.5 Å². The van der Waals surface area contributed by atoms with Crippen LogP contribution in [0.3, 0.4) is 0 Å². The van der Waals surface area contributed by atoms with Crippen molar-refractivity contribution in [3.8, 4) is 0 Å². The van der Waals surface area contributed by atoms with E-state index in [9.17, 15) is 5.11 Å². The Hall–Kier alpha value is -0.870. The minimum atomic E-state index is -0.241. The molecule has 2 rings (SSSR count). The summed E-state index contributed by atoms with van der Waals surface area (Å²) in [7, 11) is 0. The van der Waals surface area contributed by atoms with E-state index in [0.29, 0.717) is 11.0 Å². The molecule has 1 aromatic rings. The fraction of sp³-hybridized carbons (Fsp3) is 0.600. The molecule has 15 heavy (non-hydrogen) atoms. The fourth-order valence-electron chi connectivity index (χ4n) is 1.71. The number of rotatable bonds is 2. The molecular formula is C10H14ClN3O. The van der Waals surface area contributed by atoms with E-state index >= 15 is 0 Å². The first-order chi connectivity index (χ1) is 7.00. The molecule has 1 aliphatic rings. The highest BCUT2D eigenvalue weighted by Gasteiger charge is 2.47. The molecule has 0 radical (unpaired) electrons. The van der Waals surface area contributed by atoms with Crippen LogP contribution in [0.1, 0.15) is 20.3 Å². The van der Waals surface area contributed by atoms with Crippen molar-refractivity contribution >= 4 is 17.4 Å². The summed E-state index contributed by atoms with van der Waals surface area (Å²) in [6.45, 7) is 4.06. The zero-order valence-corrected chi connectivity index (χ0v) is 9.49. The number of nitrogens with zero attached hydrogens (tertiary/aromatic N) is 2. The molecule has 2 unspecified atom stereocenters. The summed E-state index contributed by atoms with van der Waals surface area (Å²) in [6.07, 6.45) is 3.61. The van der Waals surface area contributed by atoms with Crippen LogP contribution < -0.4 is 5.32 Å². The van der Waals surface area contributed by atoms with Gasteiger partial charge in [0.2, 0.25) is 0 Å². The maximum atomic E-state index is 9.57. The second kappa shape index (κ2) is 3.61. The molecule has 0 amide bonds. The first kappa shape index (κ1) is 10.6. The van der Waals surface area contributed by atoms with E-state index in [1.165, 1.54) is 6.20 Å². The molecule has 0 aliphatic heterocycles. The number of anilines is 1. The Morgan fingerprint density at radius 1 is 1.47 bits per heavy atom. The molecule has 0 bridgehead atoms. The monoisotopic (exact) mass is 227 g/mol. The van der Waals surface area contributed by atoms with Gasteiger partial charge in [-0.2, -0.15) is 0 Å². The number of halogens is 1. The van der Waals surface area contributed by atoms with Crippen LogP contribution in [0.5, 0.6) is 0 Å². The molecule has 0 saturated heterocycles. The van der Waals surface area contributed by atoms with Crippen molar-refractivity contribution in [2.75, 3.05) is 5.32 Å². The average molecular weight is 228 g/mol. The van der Waals surface area contributed by atoms with E-state index in [-0.39, 0.29) is 17.6 Å². The predicted octanol–water partition coefficient (Wildman–Crippen LogP) is 1.70. The third-order valence-electron chi connectivity index (χ3n) is 3.16. The van der Waals surface area contributed by atoms with Crippen LogP contribution in [0, 0.1) is 5.41 Å². The smallest absolute Gasteiger partial charge is 0.147 e. The van der Waals surface area contributed by atoms with E-state index in [2.05, 4.69) is 15.3 Å². The van der Waals surface area contributed by atoms with Crippen LogP contribution in [0.4, 0.5) is 5.82 Å². The normalized spacial score (nSPS) is 28.3. The van der Waals surface area contributed by atoms with Gasteiger partial charge in [0.05, 0.1) is 18.5 Å². The number of hydrogen-bond donors (Lipinski definition) is 2. The van der Waals surface area contributed by atoms with Crippen molar-refractivity contribution < 1.29 is 5.11 Å². The topological polar surface area (TPSA) is 58.0 Å². The van der Waals surface area contributed by atoms with Gasteiger partial charge in [0.25, 0.3) is 0 Å². The molecule has 5 heteroatoms. The molecule has 1 fully saturated rings. The Kier molecular flexibility index (Phi) is 2.56.